The van der Waals surface area contributed by atoms with Crippen LogP contribution >= 0.6 is 23.8 Å². The Morgan fingerprint density at radius 3 is 2.70 bits per heavy atom. The number of anilines is 1. The number of pyridine rings is 1. The molecular weight excluding hydrogens is 420 g/mol. The van der Waals surface area contributed by atoms with Crippen LogP contribution in [-0.2, 0) is 6.42 Å². The average molecular weight is 437 g/mol. The van der Waals surface area contributed by atoms with E-state index in [0.29, 0.717) is 39.0 Å². The molecule has 2 aromatic heterocycles. The molecule has 2 aromatic carbocycles. The average Bonchev–Trinajstić information content (AvgIpc) is 3.19. The number of hydrogen-bond acceptors (Lipinski definition) is 5. The topological polar surface area (TPSA) is 80.0 Å². The number of oxazole rings is 1. The van der Waals surface area contributed by atoms with Gasteiger partial charge in [0.1, 0.15) is 0 Å². The first-order valence-corrected chi connectivity index (χ1v) is 10.0. The quantitative estimate of drug-likeness (QED) is 0.426. The number of rotatable bonds is 4. The summed E-state index contributed by atoms with van der Waals surface area (Å²) in [5, 5.41) is 6.31. The van der Waals surface area contributed by atoms with Crippen LogP contribution < -0.4 is 10.6 Å². The van der Waals surface area contributed by atoms with Gasteiger partial charge in [-0.15, -0.1) is 0 Å². The second-order valence-electron chi connectivity index (χ2n) is 6.50. The minimum absolute atomic E-state index is 0.173. The summed E-state index contributed by atoms with van der Waals surface area (Å²) >= 11 is 11.6. The third-order valence-electron chi connectivity index (χ3n) is 4.47. The van der Waals surface area contributed by atoms with Crippen LogP contribution in [0, 0.1) is 0 Å². The van der Waals surface area contributed by atoms with Crippen LogP contribution in [0.2, 0.25) is 5.02 Å². The molecule has 2 heterocycles. The van der Waals surface area contributed by atoms with Gasteiger partial charge in [-0.25, -0.2) is 4.98 Å². The third-order valence-corrected chi connectivity index (χ3v) is 5.00. The monoisotopic (exact) mass is 436 g/mol. The number of aromatic nitrogens is 2. The number of carbonyl (C=O) groups is 1. The number of fused-ring (bicyclic) bond motifs is 1. The Labute approximate surface area is 183 Å². The normalized spacial score (nSPS) is 10.7. The highest BCUT2D eigenvalue weighted by atomic mass is 35.5. The summed E-state index contributed by atoms with van der Waals surface area (Å²) in [6.07, 6.45) is 2.56. The minimum Gasteiger partial charge on any atom is -0.434 e. The number of hydrogen-bond donors (Lipinski definition) is 2. The Kier molecular flexibility index (Phi) is 5.74. The molecule has 1 amide bonds. The molecule has 0 radical (unpaired) electrons. The number of amides is 1. The molecule has 4 aromatic rings. The molecule has 30 heavy (non-hydrogen) atoms. The lowest BCUT2D eigenvalue weighted by molar-refractivity contribution is 0.0977. The van der Waals surface area contributed by atoms with Crippen LogP contribution in [0.25, 0.3) is 22.7 Å². The number of aryl methyl sites for hydroxylation is 1. The summed E-state index contributed by atoms with van der Waals surface area (Å²) < 4.78 is 5.75. The van der Waals surface area contributed by atoms with Crippen molar-refractivity contribution < 1.29 is 9.21 Å². The summed E-state index contributed by atoms with van der Waals surface area (Å²) in [7, 11) is 0. The standard InChI is InChI=1S/C22H17ClN4O2S/c1-2-13-5-7-14(8-6-13)20(28)27-22(30)25-15-9-10-17(23)16(12-15)21-26-19-18(29-21)4-3-11-24-19/h3-12H,2H2,1H3,(H2,25,27,28,30). The van der Waals surface area contributed by atoms with Crippen molar-refractivity contribution in [2.24, 2.45) is 0 Å². The molecular formula is C22H17ClN4O2S. The predicted molar refractivity (Wildman–Crippen MR) is 122 cm³/mol. The SMILES string of the molecule is CCc1ccc(C(=O)NC(=S)Nc2ccc(Cl)c(-c3nc4ncccc4o3)c2)cc1. The number of nitrogens with zero attached hydrogens (tertiary/aromatic N) is 2. The number of benzene rings is 2. The summed E-state index contributed by atoms with van der Waals surface area (Å²) in [6.45, 7) is 2.06. The highest BCUT2D eigenvalue weighted by molar-refractivity contribution is 7.80. The van der Waals surface area contributed by atoms with Crippen LogP contribution in [0.1, 0.15) is 22.8 Å². The Balaban J connectivity index is 1.49. The summed E-state index contributed by atoms with van der Waals surface area (Å²) in [5.41, 5.74) is 3.99. The van der Waals surface area contributed by atoms with Crippen LogP contribution in [0.5, 0.6) is 0 Å². The van der Waals surface area contributed by atoms with Gasteiger partial charge in [0.25, 0.3) is 5.91 Å². The van der Waals surface area contributed by atoms with E-state index in [0.717, 1.165) is 12.0 Å². The fourth-order valence-corrected chi connectivity index (χ4v) is 3.29. The van der Waals surface area contributed by atoms with E-state index >= 15 is 0 Å². The van der Waals surface area contributed by atoms with E-state index in [1.807, 2.05) is 12.1 Å². The Morgan fingerprint density at radius 2 is 1.97 bits per heavy atom. The van der Waals surface area contributed by atoms with Gasteiger partial charge < -0.3 is 9.73 Å². The molecule has 0 fully saturated rings. The summed E-state index contributed by atoms with van der Waals surface area (Å²) in [6, 6.07) is 16.2. The minimum atomic E-state index is -0.283. The number of halogens is 1. The molecule has 0 atom stereocenters. The van der Waals surface area contributed by atoms with E-state index in [4.69, 9.17) is 28.2 Å². The Morgan fingerprint density at radius 1 is 1.17 bits per heavy atom. The van der Waals surface area contributed by atoms with Gasteiger partial charge >= 0.3 is 0 Å². The van der Waals surface area contributed by atoms with Crippen molar-refractivity contribution in [3.05, 3.63) is 76.9 Å². The lowest BCUT2D eigenvalue weighted by Gasteiger charge is -2.11. The zero-order chi connectivity index (χ0) is 21.1. The van der Waals surface area contributed by atoms with Crippen molar-refractivity contribution >= 4 is 51.8 Å². The van der Waals surface area contributed by atoms with Gasteiger partial charge in [0.05, 0.1) is 10.6 Å². The van der Waals surface area contributed by atoms with E-state index < -0.39 is 0 Å². The largest absolute Gasteiger partial charge is 0.434 e. The van der Waals surface area contributed by atoms with E-state index in [1.54, 1.807) is 48.7 Å². The second kappa shape index (κ2) is 8.61. The molecule has 6 nitrogen and oxygen atoms in total. The van der Waals surface area contributed by atoms with E-state index in [2.05, 4.69) is 27.5 Å². The first-order chi connectivity index (χ1) is 14.5. The smallest absolute Gasteiger partial charge is 0.257 e. The van der Waals surface area contributed by atoms with Crippen molar-refractivity contribution in [2.75, 3.05) is 5.32 Å². The van der Waals surface area contributed by atoms with Crippen LogP contribution in [0.4, 0.5) is 5.69 Å². The number of nitrogens with one attached hydrogen (secondary N) is 2. The molecule has 0 aliphatic carbocycles. The first kappa shape index (κ1) is 20.0. The van der Waals surface area contributed by atoms with E-state index in [9.17, 15) is 4.79 Å². The van der Waals surface area contributed by atoms with Crippen LogP contribution in [-0.4, -0.2) is 21.0 Å². The second-order valence-corrected chi connectivity index (χ2v) is 7.31. The van der Waals surface area contributed by atoms with Crippen LogP contribution in [0.3, 0.4) is 0 Å². The zero-order valence-corrected chi connectivity index (χ0v) is 17.6. The lowest BCUT2D eigenvalue weighted by atomic mass is 10.1. The molecule has 8 heteroatoms. The highest BCUT2D eigenvalue weighted by Crippen LogP contribution is 2.31. The molecule has 0 aliphatic rings. The van der Waals surface area contributed by atoms with Gasteiger partial charge in [0.2, 0.25) is 5.89 Å². The molecule has 0 saturated carbocycles. The maximum atomic E-state index is 12.4. The molecule has 0 spiro atoms. The fourth-order valence-electron chi connectivity index (χ4n) is 2.88. The Hall–Kier alpha value is -3.29. The lowest BCUT2D eigenvalue weighted by Crippen LogP contribution is -2.34. The van der Waals surface area contributed by atoms with Gasteiger partial charge in [-0.1, -0.05) is 30.7 Å². The van der Waals surface area contributed by atoms with Crippen molar-refractivity contribution in [3.8, 4) is 11.5 Å². The van der Waals surface area contributed by atoms with E-state index in [-0.39, 0.29) is 11.0 Å². The predicted octanol–water partition coefficient (Wildman–Crippen LogP) is 5.23. The zero-order valence-electron chi connectivity index (χ0n) is 16.0. The maximum absolute atomic E-state index is 12.4. The molecule has 0 saturated heterocycles. The maximum Gasteiger partial charge on any atom is 0.257 e. The van der Waals surface area contributed by atoms with Crippen molar-refractivity contribution in [2.45, 2.75) is 13.3 Å². The van der Waals surface area contributed by atoms with Crippen molar-refractivity contribution in [1.82, 2.24) is 15.3 Å². The van der Waals surface area contributed by atoms with Gasteiger partial charge in [-0.3, -0.25) is 10.1 Å². The number of carbonyl (C=O) groups excluding carboxylic acids is 1. The number of thiocarbonyl (C=S) groups is 1. The van der Waals surface area contributed by atoms with E-state index in [1.165, 1.54) is 0 Å². The molecule has 4 rings (SSSR count). The molecule has 2 N–H and O–H groups in total. The highest BCUT2D eigenvalue weighted by Gasteiger charge is 2.14. The molecule has 0 bridgehead atoms. The van der Waals surface area contributed by atoms with Gasteiger partial charge in [0, 0.05) is 17.4 Å². The first-order valence-electron chi connectivity index (χ1n) is 9.26. The van der Waals surface area contributed by atoms with Crippen molar-refractivity contribution in [1.29, 1.82) is 0 Å². The molecule has 0 aliphatic heterocycles. The fraction of sp³-hybridized carbons (Fsp3) is 0.0909. The van der Waals surface area contributed by atoms with Crippen molar-refractivity contribution in [3.63, 3.8) is 0 Å². The van der Waals surface area contributed by atoms with Gasteiger partial charge in [0.15, 0.2) is 16.3 Å². The Bertz CT molecular complexity index is 1200. The van der Waals surface area contributed by atoms with Gasteiger partial charge in [-0.05, 0) is 66.7 Å². The molecule has 0 unspecified atom stereocenters. The van der Waals surface area contributed by atoms with Crippen LogP contribution in [0.15, 0.2) is 65.2 Å². The van der Waals surface area contributed by atoms with Gasteiger partial charge in [-0.2, -0.15) is 4.98 Å². The summed E-state index contributed by atoms with van der Waals surface area (Å²) in [5.74, 6) is 0.0673. The third kappa shape index (κ3) is 4.32. The molecule has 150 valence electrons. The summed E-state index contributed by atoms with van der Waals surface area (Å²) in [4.78, 5) is 20.9.